The van der Waals surface area contributed by atoms with Gasteiger partial charge in [0, 0.05) is 6.54 Å². The highest BCUT2D eigenvalue weighted by molar-refractivity contribution is 7.74. The lowest BCUT2D eigenvalue weighted by atomic mass is 10.1. The molecule has 0 unspecified atom stereocenters. The van der Waals surface area contributed by atoms with Crippen LogP contribution in [0.5, 0.6) is 0 Å². The lowest BCUT2D eigenvalue weighted by molar-refractivity contribution is -0.146. The Hall–Kier alpha value is -2.43. The molecule has 152 valence electrons. The molecule has 2 saturated heterocycles. The van der Waals surface area contributed by atoms with Gasteiger partial charge in [0.1, 0.15) is 6.04 Å². The van der Waals surface area contributed by atoms with Crippen molar-refractivity contribution in [3.8, 4) is 0 Å². The molecule has 0 bridgehead atoms. The summed E-state index contributed by atoms with van der Waals surface area (Å²) < 4.78 is 19.7. The highest BCUT2D eigenvalue weighted by Gasteiger charge is 2.42. The first-order valence-corrected chi connectivity index (χ1v) is 11.7. The Morgan fingerprint density at radius 1 is 0.931 bits per heavy atom. The first kappa shape index (κ1) is 19.9. The van der Waals surface area contributed by atoms with E-state index >= 15 is 0 Å². The minimum absolute atomic E-state index is 0.0591. The normalized spacial score (nSPS) is 21.9. The average molecular weight is 412 g/mol. The first-order valence-electron chi connectivity index (χ1n) is 10.1. The second kappa shape index (κ2) is 8.52. The Morgan fingerprint density at radius 3 is 2.10 bits per heavy atom. The molecule has 2 heterocycles. The molecule has 1 N–H and O–H groups in total. The van der Waals surface area contributed by atoms with Crippen molar-refractivity contribution in [3.05, 3.63) is 60.7 Å². The number of rotatable bonds is 5. The number of hydrogen-bond donors (Lipinski definition) is 1. The van der Waals surface area contributed by atoms with Gasteiger partial charge in [0.15, 0.2) is 0 Å². The van der Waals surface area contributed by atoms with Crippen molar-refractivity contribution in [2.45, 2.75) is 37.8 Å². The van der Waals surface area contributed by atoms with Crippen LogP contribution >= 0.6 is 7.37 Å². The zero-order valence-electron chi connectivity index (χ0n) is 16.2. The number of carbonyl (C=O) groups is 2. The van der Waals surface area contributed by atoms with Crippen molar-refractivity contribution in [2.75, 3.05) is 13.1 Å². The molecule has 2 aliphatic rings. The molecule has 0 radical (unpaired) electrons. The van der Waals surface area contributed by atoms with E-state index in [-0.39, 0.29) is 11.9 Å². The third-order valence-electron chi connectivity index (χ3n) is 5.58. The van der Waals surface area contributed by atoms with Crippen LogP contribution in [0.2, 0.25) is 0 Å². The summed E-state index contributed by atoms with van der Waals surface area (Å²) in [6.45, 7) is 1.34. The van der Waals surface area contributed by atoms with Crippen LogP contribution < -0.4 is 15.9 Å². The Bertz CT molecular complexity index is 869. The maximum Gasteiger partial charge on any atom is 0.334 e. The lowest BCUT2D eigenvalue weighted by Gasteiger charge is -2.28. The van der Waals surface area contributed by atoms with E-state index in [4.69, 9.17) is 4.52 Å². The van der Waals surface area contributed by atoms with Gasteiger partial charge in [-0.1, -0.05) is 36.4 Å². The summed E-state index contributed by atoms with van der Waals surface area (Å²) in [5.74, 6) is -0.652. The second-order valence-electron chi connectivity index (χ2n) is 7.47. The summed E-state index contributed by atoms with van der Waals surface area (Å²) in [4.78, 5) is 27.6. The monoisotopic (exact) mass is 412 g/mol. The molecule has 0 aliphatic carbocycles. The van der Waals surface area contributed by atoms with E-state index in [0.717, 1.165) is 25.8 Å². The van der Waals surface area contributed by atoms with Gasteiger partial charge in [-0.2, -0.15) is 0 Å². The van der Waals surface area contributed by atoms with Gasteiger partial charge >= 0.3 is 13.3 Å². The van der Waals surface area contributed by atoms with E-state index in [0.29, 0.717) is 23.6 Å². The molecular weight excluding hydrogens is 387 g/mol. The standard InChI is InChI=1S/C22H25N2O4P/c25-21(19-13-7-15-23-19)24-16-8-14-20(24)22(26)28-29(27,17-9-3-1-4-10-17)18-11-5-2-6-12-18/h1-6,9-12,19-20,23H,7-8,13-16H2/t19-,20-/m0/s1. The minimum Gasteiger partial charge on any atom is -0.403 e. The van der Waals surface area contributed by atoms with Crippen LogP contribution in [-0.4, -0.2) is 41.9 Å². The molecule has 0 saturated carbocycles. The zero-order chi connectivity index (χ0) is 20.3. The third kappa shape index (κ3) is 4.00. The second-order valence-corrected chi connectivity index (χ2v) is 9.79. The number of nitrogens with one attached hydrogen (secondary N) is 1. The molecule has 6 nitrogen and oxygen atoms in total. The van der Waals surface area contributed by atoms with Crippen LogP contribution in [0.1, 0.15) is 25.7 Å². The Morgan fingerprint density at radius 2 is 1.55 bits per heavy atom. The van der Waals surface area contributed by atoms with Crippen molar-refractivity contribution in [3.63, 3.8) is 0 Å². The molecule has 2 fully saturated rings. The van der Waals surface area contributed by atoms with Crippen LogP contribution in [0.25, 0.3) is 0 Å². The maximum absolute atomic E-state index is 14.0. The van der Waals surface area contributed by atoms with Gasteiger partial charge in [-0.15, -0.1) is 0 Å². The van der Waals surface area contributed by atoms with Crippen LogP contribution in [0.15, 0.2) is 60.7 Å². The lowest BCUT2D eigenvalue weighted by Crippen LogP contribution is -2.48. The molecule has 4 rings (SSSR count). The number of nitrogens with zero attached hydrogens (tertiary/aromatic N) is 1. The highest BCUT2D eigenvalue weighted by atomic mass is 31.2. The molecule has 2 aromatic carbocycles. The van der Waals surface area contributed by atoms with Gasteiger partial charge in [0.2, 0.25) is 5.91 Å². The van der Waals surface area contributed by atoms with Gasteiger partial charge in [-0.25, -0.2) is 4.79 Å². The quantitative estimate of drug-likeness (QED) is 0.762. The van der Waals surface area contributed by atoms with Gasteiger partial charge in [-0.3, -0.25) is 9.36 Å². The first-order chi connectivity index (χ1) is 14.1. The van der Waals surface area contributed by atoms with Gasteiger partial charge < -0.3 is 14.7 Å². The summed E-state index contributed by atoms with van der Waals surface area (Å²) in [5, 5.41) is 4.13. The molecule has 0 aromatic heterocycles. The highest BCUT2D eigenvalue weighted by Crippen LogP contribution is 2.45. The van der Waals surface area contributed by atoms with E-state index in [1.807, 2.05) is 12.1 Å². The minimum atomic E-state index is -3.62. The van der Waals surface area contributed by atoms with E-state index in [1.54, 1.807) is 53.4 Å². The van der Waals surface area contributed by atoms with Gasteiger partial charge in [0.05, 0.1) is 16.7 Å². The zero-order valence-corrected chi connectivity index (χ0v) is 17.1. The smallest absolute Gasteiger partial charge is 0.334 e. The summed E-state index contributed by atoms with van der Waals surface area (Å²) in [5.41, 5.74) is 0. The Labute approximate surface area is 170 Å². The van der Waals surface area contributed by atoms with Crippen molar-refractivity contribution >= 4 is 29.9 Å². The molecule has 7 heteroatoms. The van der Waals surface area contributed by atoms with E-state index in [2.05, 4.69) is 5.32 Å². The summed E-state index contributed by atoms with van der Waals surface area (Å²) in [6.07, 6.45) is 3.00. The van der Waals surface area contributed by atoms with Crippen molar-refractivity contribution in [2.24, 2.45) is 0 Å². The molecule has 29 heavy (non-hydrogen) atoms. The molecule has 1 amide bonds. The molecule has 0 spiro atoms. The van der Waals surface area contributed by atoms with E-state index < -0.39 is 19.4 Å². The van der Waals surface area contributed by atoms with Gasteiger partial charge in [-0.05, 0) is 56.5 Å². The fourth-order valence-corrected chi connectivity index (χ4v) is 6.07. The SMILES string of the molecule is O=C(OP(=O)(c1ccccc1)c1ccccc1)[C@@H]1CCCN1C(=O)[C@@H]1CCCN1. The predicted molar refractivity (Wildman–Crippen MR) is 112 cm³/mol. The molecule has 2 aromatic rings. The summed E-state index contributed by atoms with van der Waals surface area (Å²) in [6, 6.07) is 16.7. The molecular formula is C22H25N2O4P. The number of likely N-dealkylation sites (tertiary alicyclic amines) is 1. The van der Waals surface area contributed by atoms with Crippen LogP contribution in [0, 0.1) is 0 Å². The van der Waals surface area contributed by atoms with Crippen LogP contribution in [-0.2, 0) is 18.7 Å². The summed E-state index contributed by atoms with van der Waals surface area (Å²) >= 11 is 0. The predicted octanol–water partition coefficient (Wildman–Crippen LogP) is 2.20. The van der Waals surface area contributed by atoms with E-state index in [1.165, 1.54) is 0 Å². The van der Waals surface area contributed by atoms with Crippen LogP contribution in [0.4, 0.5) is 0 Å². The number of carbonyl (C=O) groups excluding carboxylic acids is 2. The molecule has 2 aliphatic heterocycles. The van der Waals surface area contributed by atoms with Crippen LogP contribution in [0.3, 0.4) is 0 Å². The summed E-state index contributed by atoms with van der Waals surface area (Å²) in [7, 11) is -3.62. The Balaban J connectivity index is 1.60. The van der Waals surface area contributed by atoms with Crippen molar-refractivity contribution in [1.82, 2.24) is 10.2 Å². The fraction of sp³-hybridized carbons (Fsp3) is 0.364. The maximum atomic E-state index is 14.0. The molecule has 2 atom stereocenters. The number of benzene rings is 2. The number of hydrogen-bond acceptors (Lipinski definition) is 5. The van der Waals surface area contributed by atoms with Gasteiger partial charge in [0.25, 0.3) is 0 Å². The van der Waals surface area contributed by atoms with Crippen molar-refractivity contribution in [1.29, 1.82) is 0 Å². The van der Waals surface area contributed by atoms with E-state index in [9.17, 15) is 14.2 Å². The Kier molecular flexibility index (Phi) is 5.84. The average Bonchev–Trinajstić information content (AvgIpc) is 3.47. The fourth-order valence-electron chi connectivity index (χ4n) is 4.06. The third-order valence-corrected chi connectivity index (χ3v) is 7.97. The topological polar surface area (TPSA) is 75.7 Å². The number of amides is 1. The van der Waals surface area contributed by atoms with Crippen molar-refractivity contribution < 1.29 is 18.7 Å². The largest absolute Gasteiger partial charge is 0.403 e.